The third kappa shape index (κ3) is 3.05. The molecule has 0 radical (unpaired) electrons. The average molecular weight is 388 g/mol. The van der Waals surface area contributed by atoms with E-state index in [0.717, 1.165) is 0 Å². The lowest BCUT2D eigenvalue weighted by Crippen LogP contribution is -2.30. The van der Waals surface area contributed by atoms with Gasteiger partial charge >= 0.3 is 0 Å². The van der Waals surface area contributed by atoms with Crippen LogP contribution in [-0.2, 0) is 4.74 Å². The molecular weight excluding hydrogens is 371 g/mol. The first kappa shape index (κ1) is 18.2. The Morgan fingerprint density at radius 3 is 2.75 bits per heavy atom. The molecule has 146 valence electrons. The molecule has 1 fully saturated rings. The minimum Gasteiger partial charge on any atom is -0.394 e. The number of amides is 1. The predicted molar refractivity (Wildman–Crippen MR) is 96.0 cm³/mol. The number of anilines is 2. The summed E-state index contributed by atoms with van der Waals surface area (Å²) in [6, 6.07) is 8.45. The van der Waals surface area contributed by atoms with Gasteiger partial charge in [-0.05, 0) is 12.1 Å². The molecule has 5 N–H and O–H groups in total. The number of fused-ring (bicyclic) bond motifs is 1. The highest BCUT2D eigenvalue weighted by atomic mass is 19.1. The molecule has 4 atom stereocenters. The molecule has 1 saturated heterocycles. The van der Waals surface area contributed by atoms with Crippen LogP contribution in [0.15, 0.2) is 36.7 Å². The average Bonchev–Trinajstić information content (AvgIpc) is 3.24. The molecule has 0 aliphatic carbocycles. The molecule has 1 aromatic carbocycles. The number of nitrogens with one attached hydrogen (secondary N) is 1. The number of halogens is 1. The largest absolute Gasteiger partial charge is 0.394 e. The van der Waals surface area contributed by atoms with Crippen LogP contribution in [0.2, 0.25) is 0 Å². The van der Waals surface area contributed by atoms with Crippen LogP contribution in [0.5, 0.6) is 0 Å². The van der Waals surface area contributed by atoms with Crippen LogP contribution in [0, 0.1) is 0 Å². The van der Waals surface area contributed by atoms with Crippen molar-refractivity contribution in [2.45, 2.75) is 24.6 Å². The van der Waals surface area contributed by atoms with E-state index in [-0.39, 0.29) is 22.9 Å². The molecule has 1 amide bonds. The molecule has 0 saturated carbocycles. The Bertz CT molecular complexity index is 1010. The maximum Gasteiger partial charge on any atom is 0.258 e. The molecular formula is C17H17FN6O4. The van der Waals surface area contributed by atoms with Gasteiger partial charge in [0.15, 0.2) is 23.9 Å². The Morgan fingerprint density at radius 1 is 1.32 bits per heavy atom. The number of nitrogen functional groups attached to an aromatic ring is 1. The van der Waals surface area contributed by atoms with Gasteiger partial charge in [-0.1, -0.05) is 18.2 Å². The second kappa shape index (κ2) is 7.11. The van der Waals surface area contributed by atoms with E-state index in [2.05, 4.69) is 20.3 Å². The highest BCUT2D eigenvalue weighted by Crippen LogP contribution is 2.34. The quantitative estimate of drug-likeness (QED) is 0.497. The van der Waals surface area contributed by atoms with Crippen molar-refractivity contribution in [3.05, 3.63) is 42.2 Å². The number of aliphatic hydroxyl groups is 2. The first-order valence-electron chi connectivity index (χ1n) is 8.44. The molecule has 2 aromatic heterocycles. The van der Waals surface area contributed by atoms with Gasteiger partial charge in [0.1, 0.15) is 17.7 Å². The molecule has 0 unspecified atom stereocenters. The first-order valence-corrected chi connectivity index (χ1v) is 8.44. The summed E-state index contributed by atoms with van der Waals surface area (Å²) in [6.07, 6.45) is -4.39. The van der Waals surface area contributed by atoms with Crippen LogP contribution in [0.25, 0.3) is 11.2 Å². The summed E-state index contributed by atoms with van der Waals surface area (Å²) < 4.78 is 21.1. The zero-order valence-electron chi connectivity index (χ0n) is 14.4. The number of hydrogen-bond acceptors (Lipinski definition) is 8. The van der Waals surface area contributed by atoms with E-state index in [1.807, 2.05) is 0 Å². The van der Waals surface area contributed by atoms with Crippen LogP contribution in [0.3, 0.4) is 0 Å². The van der Waals surface area contributed by atoms with Crippen LogP contribution in [-0.4, -0.2) is 60.6 Å². The molecule has 3 heterocycles. The number of carbonyl (C=O) groups is 1. The third-order valence-corrected chi connectivity index (χ3v) is 4.46. The highest BCUT2D eigenvalue weighted by molar-refractivity contribution is 6.03. The zero-order valence-corrected chi connectivity index (χ0v) is 14.4. The number of benzene rings is 1. The monoisotopic (exact) mass is 388 g/mol. The second-order valence-corrected chi connectivity index (χ2v) is 6.26. The fourth-order valence-electron chi connectivity index (χ4n) is 3.02. The van der Waals surface area contributed by atoms with Crippen LogP contribution < -0.4 is 11.1 Å². The number of nitrogens with zero attached hydrogens (tertiary/aromatic N) is 4. The van der Waals surface area contributed by atoms with Gasteiger partial charge in [-0.15, -0.1) is 0 Å². The molecule has 10 nitrogen and oxygen atoms in total. The Hall–Kier alpha value is -3.15. The van der Waals surface area contributed by atoms with Crippen LogP contribution in [0.4, 0.5) is 16.2 Å². The maximum absolute atomic E-state index is 14.5. The lowest BCUT2D eigenvalue weighted by molar-refractivity contribution is -0.0459. The Morgan fingerprint density at radius 2 is 2.07 bits per heavy atom. The van der Waals surface area contributed by atoms with Crippen molar-refractivity contribution in [3.8, 4) is 0 Å². The smallest absolute Gasteiger partial charge is 0.258 e. The molecule has 3 aromatic rings. The summed E-state index contributed by atoms with van der Waals surface area (Å²) in [4.78, 5) is 24.6. The highest BCUT2D eigenvalue weighted by Gasteiger charge is 2.45. The van der Waals surface area contributed by atoms with Crippen molar-refractivity contribution in [3.63, 3.8) is 0 Å². The van der Waals surface area contributed by atoms with E-state index in [9.17, 15) is 19.4 Å². The van der Waals surface area contributed by atoms with Crippen LogP contribution >= 0.6 is 0 Å². The molecule has 28 heavy (non-hydrogen) atoms. The summed E-state index contributed by atoms with van der Waals surface area (Å²) in [6.45, 7) is -0.541. The SMILES string of the molecule is Nc1nc(NC(=O)c2ccccc2)nc2c1ncn2[C@@H]1O[C@H](CO)[C@@H](O)[C@@H]1F. The minimum absolute atomic E-state index is 0.0141. The van der Waals surface area contributed by atoms with E-state index < -0.39 is 37.1 Å². The van der Waals surface area contributed by atoms with E-state index >= 15 is 0 Å². The van der Waals surface area contributed by atoms with E-state index in [1.54, 1.807) is 30.3 Å². The summed E-state index contributed by atoms with van der Waals surface area (Å²) in [5, 5.41) is 21.6. The fourth-order valence-corrected chi connectivity index (χ4v) is 3.02. The molecule has 0 spiro atoms. The number of alkyl halides is 1. The van der Waals surface area contributed by atoms with Gasteiger partial charge in [0.25, 0.3) is 5.91 Å². The third-order valence-electron chi connectivity index (χ3n) is 4.46. The van der Waals surface area contributed by atoms with E-state index in [0.29, 0.717) is 5.56 Å². The van der Waals surface area contributed by atoms with Crippen LogP contribution in [0.1, 0.15) is 16.6 Å². The summed E-state index contributed by atoms with van der Waals surface area (Å²) in [7, 11) is 0. The van der Waals surface area contributed by atoms with Crippen molar-refractivity contribution in [2.75, 3.05) is 17.7 Å². The molecule has 11 heteroatoms. The van der Waals surface area contributed by atoms with E-state index in [1.165, 1.54) is 10.9 Å². The van der Waals surface area contributed by atoms with Gasteiger partial charge in [0, 0.05) is 5.56 Å². The summed E-state index contributed by atoms with van der Waals surface area (Å²) >= 11 is 0. The maximum atomic E-state index is 14.5. The van der Waals surface area contributed by atoms with Gasteiger partial charge in [-0.3, -0.25) is 14.7 Å². The Balaban J connectivity index is 1.68. The van der Waals surface area contributed by atoms with Gasteiger partial charge in [-0.2, -0.15) is 9.97 Å². The Kier molecular flexibility index (Phi) is 4.63. The number of hydrogen-bond donors (Lipinski definition) is 4. The second-order valence-electron chi connectivity index (χ2n) is 6.26. The van der Waals surface area contributed by atoms with Crippen molar-refractivity contribution >= 4 is 28.8 Å². The summed E-state index contributed by atoms with van der Waals surface area (Å²) in [5.74, 6) is -0.547. The number of aromatic nitrogens is 4. The van der Waals surface area contributed by atoms with Gasteiger partial charge in [0.2, 0.25) is 5.95 Å². The molecule has 0 bridgehead atoms. The normalized spacial score (nSPS) is 24.5. The van der Waals surface area contributed by atoms with Gasteiger partial charge < -0.3 is 20.7 Å². The lowest BCUT2D eigenvalue weighted by Gasteiger charge is -2.15. The molecule has 4 rings (SSSR count). The first-order chi connectivity index (χ1) is 13.5. The number of imidazole rings is 1. The van der Waals surface area contributed by atoms with Crippen molar-refractivity contribution in [1.29, 1.82) is 0 Å². The number of rotatable bonds is 4. The van der Waals surface area contributed by atoms with Crippen molar-refractivity contribution < 1.29 is 24.1 Å². The zero-order chi connectivity index (χ0) is 19.8. The lowest BCUT2D eigenvalue weighted by atomic mass is 10.1. The minimum atomic E-state index is -1.81. The Labute approximate surface area is 157 Å². The van der Waals surface area contributed by atoms with Gasteiger partial charge in [0.05, 0.1) is 12.9 Å². The summed E-state index contributed by atoms with van der Waals surface area (Å²) in [5.41, 5.74) is 6.60. The number of ether oxygens (including phenoxy) is 1. The standard InChI is InChI=1S/C17H17FN6O4/c18-10-12(26)9(6-25)28-16(10)24-7-20-11-13(19)21-17(22-14(11)24)23-15(27)8-4-2-1-3-5-8/h1-5,7,9-10,12,16,25-26H,6H2,(H3,19,21,22,23,27)/t9-,10+,12-,16-/m1/s1. The molecule has 1 aliphatic rings. The predicted octanol–water partition coefficient (Wildman–Crippen LogP) is 0.249. The number of aliphatic hydroxyl groups excluding tert-OH is 2. The fraction of sp³-hybridized carbons (Fsp3) is 0.294. The number of nitrogens with two attached hydrogens (primary N) is 1. The van der Waals surface area contributed by atoms with Crippen molar-refractivity contribution in [2.24, 2.45) is 0 Å². The van der Waals surface area contributed by atoms with E-state index in [4.69, 9.17) is 10.5 Å². The topological polar surface area (TPSA) is 148 Å². The van der Waals surface area contributed by atoms with Gasteiger partial charge in [-0.25, -0.2) is 9.37 Å². The van der Waals surface area contributed by atoms with Crippen molar-refractivity contribution in [1.82, 2.24) is 19.5 Å². The molecule has 1 aliphatic heterocycles. The number of carbonyl (C=O) groups excluding carboxylic acids is 1.